The van der Waals surface area contributed by atoms with E-state index in [-0.39, 0.29) is 11.9 Å². The number of nitrogens with zero attached hydrogens (tertiary/aromatic N) is 1. The number of benzene rings is 2. The van der Waals surface area contributed by atoms with Crippen molar-refractivity contribution in [3.8, 4) is 0 Å². The van der Waals surface area contributed by atoms with E-state index in [2.05, 4.69) is 19.1 Å². The molecule has 0 radical (unpaired) electrons. The molecule has 0 fully saturated rings. The first-order valence-corrected chi connectivity index (χ1v) is 9.81. The summed E-state index contributed by atoms with van der Waals surface area (Å²) < 4.78 is 1.10. The second-order valence-electron chi connectivity index (χ2n) is 6.64. The van der Waals surface area contributed by atoms with Gasteiger partial charge in [-0.3, -0.25) is 9.59 Å². The highest BCUT2D eigenvalue weighted by atomic mass is 32.1. The van der Waals surface area contributed by atoms with Crippen molar-refractivity contribution in [1.29, 1.82) is 0 Å². The molecule has 1 unspecified atom stereocenters. The molecule has 2 amide bonds. The van der Waals surface area contributed by atoms with Crippen molar-refractivity contribution in [1.82, 2.24) is 0 Å². The van der Waals surface area contributed by atoms with Crippen LogP contribution in [0.25, 0.3) is 10.1 Å². The van der Waals surface area contributed by atoms with E-state index in [1.54, 1.807) is 6.07 Å². The molecule has 4 rings (SSSR count). The highest BCUT2D eigenvalue weighted by Crippen LogP contribution is 2.36. The number of nitrogens with two attached hydrogens (primary N) is 1. The van der Waals surface area contributed by atoms with Crippen LogP contribution in [0.3, 0.4) is 0 Å². The molecule has 2 heterocycles. The molecule has 136 valence electrons. The van der Waals surface area contributed by atoms with Gasteiger partial charge in [-0.25, -0.2) is 0 Å². The maximum Gasteiger partial charge on any atom is 0.268 e. The number of amides is 2. The number of carbonyl (C=O) groups is 2. The standard InChI is InChI=1S/C22H20N2O2S/c1-2-3-7-17-12-16-11-15(21(23)25)9-10-18(16)24(17)22(26)20-13-14-6-4-5-8-19(14)27-20/h3-11,13,17H,2,12H2,1H3,(H2,23,25)/b7-3+. The third-order valence-corrected chi connectivity index (χ3v) is 5.94. The number of thiophene rings is 1. The lowest BCUT2D eigenvalue weighted by atomic mass is 10.1. The Bertz CT molecular complexity index is 1030. The summed E-state index contributed by atoms with van der Waals surface area (Å²) in [5.41, 5.74) is 7.73. The first kappa shape index (κ1) is 17.5. The molecule has 1 aromatic heterocycles. The lowest BCUT2D eigenvalue weighted by molar-refractivity contribution is 0.0984. The molecule has 1 atom stereocenters. The van der Waals surface area contributed by atoms with E-state index in [1.807, 2.05) is 47.4 Å². The summed E-state index contributed by atoms with van der Waals surface area (Å²) in [6, 6.07) is 15.3. The third kappa shape index (κ3) is 3.15. The van der Waals surface area contributed by atoms with Crippen LogP contribution in [0, 0.1) is 0 Å². The van der Waals surface area contributed by atoms with Crippen molar-refractivity contribution in [2.24, 2.45) is 5.73 Å². The number of hydrogen-bond donors (Lipinski definition) is 1. The van der Waals surface area contributed by atoms with E-state index < -0.39 is 5.91 Å². The van der Waals surface area contributed by atoms with Gasteiger partial charge in [0.05, 0.1) is 10.9 Å². The monoisotopic (exact) mass is 376 g/mol. The first-order chi connectivity index (χ1) is 13.1. The Balaban J connectivity index is 1.76. The average Bonchev–Trinajstić information content (AvgIpc) is 3.26. The molecule has 0 saturated carbocycles. The second kappa shape index (κ2) is 7.00. The number of carbonyl (C=O) groups excluding carboxylic acids is 2. The first-order valence-electron chi connectivity index (χ1n) is 9.00. The molecular weight excluding hydrogens is 356 g/mol. The van der Waals surface area contributed by atoms with Gasteiger partial charge < -0.3 is 10.6 Å². The van der Waals surface area contributed by atoms with Crippen molar-refractivity contribution in [2.45, 2.75) is 25.8 Å². The molecule has 3 aromatic rings. The molecule has 0 aliphatic carbocycles. The highest BCUT2D eigenvalue weighted by molar-refractivity contribution is 7.20. The summed E-state index contributed by atoms with van der Waals surface area (Å²) in [4.78, 5) is 27.5. The number of fused-ring (bicyclic) bond motifs is 2. The highest BCUT2D eigenvalue weighted by Gasteiger charge is 2.34. The van der Waals surface area contributed by atoms with Crippen LogP contribution in [0.15, 0.2) is 60.7 Å². The average molecular weight is 376 g/mol. The van der Waals surface area contributed by atoms with Crippen molar-refractivity contribution in [3.05, 3.63) is 76.7 Å². The Morgan fingerprint density at radius 3 is 2.78 bits per heavy atom. The van der Waals surface area contributed by atoms with Crippen molar-refractivity contribution in [3.63, 3.8) is 0 Å². The van der Waals surface area contributed by atoms with Crippen LogP contribution in [-0.4, -0.2) is 17.9 Å². The van der Waals surface area contributed by atoms with E-state index in [1.165, 1.54) is 11.3 Å². The quantitative estimate of drug-likeness (QED) is 0.680. The maximum atomic E-state index is 13.4. The number of anilines is 1. The molecule has 1 aliphatic heterocycles. The van der Waals surface area contributed by atoms with Crippen molar-refractivity contribution >= 4 is 38.9 Å². The predicted molar refractivity (Wildman–Crippen MR) is 111 cm³/mol. The van der Waals surface area contributed by atoms with Crippen LogP contribution < -0.4 is 10.6 Å². The fourth-order valence-electron chi connectivity index (χ4n) is 3.55. The molecule has 0 spiro atoms. The van der Waals surface area contributed by atoms with E-state index >= 15 is 0 Å². The minimum absolute atomic E-state index is 0.00692. The predicted octanol–water partition coefficient (Wildman–Crippen LogP) is 4.54. The molecule has 2 aromatic carbocycles. The summed E-state index contributed by atoms with van der Waals surface area (Å²) in [6.07, 6.45) is 5.75. The zero-order valence-corrected chi connectivity index (χ0v) is 15.8. The van der Waals surface area contributed by atoms with E-state index in [9.17, 15) is 9.59 Å². The van der Waals surface area contributed by atoms with Gasteiger partial charge in [0.25, 0.3) is 5.91 Å². The Morgan fingerprint density at radius 1 is 1.22 bits per heavy atom. The lowest BCUT2D eigenvalue weighted by Crippen LogP contribution is -2.36. The number of allylic oxidation sites excluding steroid dienone is 1. The normalized spacial score (nSPS) is 16.2. The number of hydrogen-bond acceptors (Lipinski definition) is 3. The van der Waals surface area contributed by atoms with Gasteiger partial charge in [0.15, 0.2) is 0 Å². The summed E-state index contributed by atoms with van der Waals surface area (Å²) in [5, 5.41) is 1.08. The Kier molecular flexibility index (Phi) is 4.54. The van der Waals surface area contributed by atoms with Gasteiger partial charge in [-0.05, 0) is 54.1 Å². The van der Waals surface area contributed by atoms with E-state index in [4.69, 9.17) is 5.73 Å². The lowest BCUT2D eigenvalue weighted by Gasteiger charge is -2.23. The van der Waals surface area contributed by atoms with Crippen LogP contribution in [0.5, 0.6) is 0 Å². The Labute approximate surface area is 161 Å². The molecule has 5 heteroatoms. The topological polar surface area (TPSA) is 63.4 Å². The van der Waals surface area contributed by atoms with Gasteiger partial charge in [-0.15, -0.1) is 11.3 Å². The van der Waals surface area contributed by atoms with Crippen LogP contribution in [0.4, 0.5) is 5.69 Å². The molecule has 27 heavy (non-hydrogen) atoms. The fraction of sp³-hybridized carbons (Fsp3) is 0.182. The SMILES string of the molecule is CC/C=C/C1Cc2cc(C(N)=O)ccc2N1C(=O)c1cc2ccccc2s1. The van der Waals surface area contributed by atoms with Gasteiger partial charge in [-0.2, -0.15) is 0 Å². The molecule has 4 nitrogen and oxygen atoms in total. The summed E-state index contributed by atoms with van der Waals surface area (Å²) in [6.45, 7) is 2.07. The van der Waals surface area contributed by atoms with E-state index in [0.717, 1.165) is 32.6 Å². The number of rotatable bonds is 4. The van der Waals surface area contributed by atoms with Crippen LogP contribution in [0.1, 0.15) is 38.9 Å². The zero-order chi connectivity index (χ0) is 19.0. The van der Waals surface area contributed by atoms with Crippen molar-refractivity contribution < 1.29 is 9.59 Å². The number of primary amides is 1. The maximum absolute atomic E-state index is 13.4. The molecular formula is C22H20N2O2S. The molecule has 0 saturated heterocycles. The Hall–Kier alpha value is -2.92. The van der Waals surface area contributed by atoms with E-state index in [0.29, 0.717) is 12.0 Å². The minimum atomic E-state index is -0.451. The fourth-order valence-corrected chi connectivity index (χ4v) is 4.55. The summed E-state index contributed by atoms with van der Waals surface area (Å²) in [7, 11) is 0. The smallest absolute Gasteiger partial charge is 0.268 e. The minimum Gasteiger partial charge on any atom is -0.366 e. The molecule has 1 aliphatic rings. The van der Waals surface area contributed by atoms with Gasteiger partial charge >= 0.3 is 0 Å². The summed E-state index contributed by atoms with van der Waals surface area (Å²) >= 11 is 1.51. The van der Waals surface area contributed by atoms with Gasteiger partial charge in [-0.1, -0.05) is 37.3 Å². The Morgan fingerprint density at radius 2 is 2.04 bits per heavy atom. The van der Waals surface area contributed by atoms with Gasteiger partial charge in [0.2, 0.25) is 5.91 Å². The molecule has 0 bridgehead atoms. The summed E-state index contributed by atoms with van der Waals surface area (Å²) in [5.74, 6) is -0.458. The largest absolute Gasteiger partial charge is 0.366 e. The van der Waals surface area contributed by atoms with Crippen LogP contribution >= 0.6 is 11.3 Å². The van der Waals surface area contributed by atoms with Crippen LogP contribution in [0.2, 0.25) is 0 Å². The van der Waals surface area contributed by atoms with Gasteiger partial charge in [0, 0.05) is 16.0 Å². The molecule has 2 N–H and O–H groups in total. The van der Waals surface area contributed by atoms with Crippen molar-refractivity contribution in [2.75, 3.05) is 4.90 Å². The second-order valence-corrected chi connectivity index (χ2v) is 7.72. The third-order valence-electron chi connectivity index (χ3n) is 4.83. The zero-order valence-electron chi connectivity index (χ0n) is 15.0. The van der Waals surface area contributed by atoms with Gasteiger partial charge in [0.1, 0.15) is 0 Å². The van der Waals surface area contributed by atoms with Crippen LogP contribution in [-0.2, 0) is 6.42 Å².